The number of rotatable bonds is 11. The predicted molar refractivity (Wildman–Crippen MR) is 313 cm³/mol. The van der Waals surface area contributed by atoms with Crippen LogP contribution < -0.4 is 10.2 Å². The summed E-state index contributed by atoms with van der Waals surface area (Å²) in [5.74, 6) is 0. The zero-order valence-corrected chi connectivity index (χ0v) is 41.2. The second kappa shape index (κ2) is 19.3. The average molecular weight is 958 g/mol. The van der Waals surface area contributed by atoms with Crippen LogP contribution in [0.5, 0.6) is 0 Å². The molecule has 2 N–H and O–H groups in total. The van der Waals surface area contributed by atoms with Gasteiger partial charge in [0.1, 0.15) is 0 Å². The van der Waals surface area contributed by atoms with Crippen molar-refractivity contribution < 1.29 is 0 Å². The van der Waals surface area contributed by atoms with Crippen LogP contribution in [-0.4, -0.2) is 5.71 Å². The number of nitrogens with one attached hydrogen (secondary N) is 2. The van der Waals surface area contributed by atoms with Crippen LogP contribution in [0.1, 0.15) is 50.1 Å². The summed E-state index contributed by atoms with van der Waals surface area (Å²) in [7, 11) is 0. The van der Waals surface area contributed by atoms with Crippen molar-refractivity contribution in [1.29, 1.82) is 5.41 Å². The van der Waals surface area contributed by atoms with Crippen molar-refractivity contribution >= 4 is 45.8 Å². The van der Waals surface area contributed by atoms with Crippen molar-refractivity contribution in [3.8, 4) is 33.4 Å². The van der Waals surface area contributed by atoms with E-state index in [4.69, 9.17) is 0 Å². The molecule has 0 fully saturated rings. The summed E-state index contributed by atoms with van der Waals surface area (Å²) in [4.78, 5) is 2.50. The van der Waals surface area contributed by atoms with Crippen molar-refractivity contribution in [2.75, 3.05) is 4.90 Å². The third kappa shape index (κ3) is 7.81. The summed E-state index contributed by atoms with van der Waals surface area (Å²) in [5.41, 5.74) is 22.5. The Bertz CT molecular complexity index is 3920. The SMILES string of the molecule is N=C(/C(=C1\NC(c2ccccc2)=Cc2cc(N(c3ccccc3-c3ccccc3-c3ccccc3)c3cccc4c3-c3ccccc3C4(c3ccccc3)c3ccccc3)ccc21)c1ccccc1)c1ccccc1. The van der Waals surface area contributed by atoms with Gasteiger partial charge < -0.3 is 10.2 Å². The highest BCUT2D eigenvalue weighted by Crippen LogP contribution is 2.60. The average Bonchev–Trinajstić information content (AvgIpc) is 3.94. The monoisotopic (exact) mass is 957 g/mol. The smallest absolute Gasteiger partial charge is 0.0714 e. The molecule has 13 rings (SSSR count). The maximum atomic E-state index is 9.95. The number of allylic oxidation sites excluding steroid dienone is 1. The van der Waals surface area contributed by atoms with E-state index in [1.54, 1.807) is 0 Å². The fraction of sp³-hybridized carbons (Fsp3) is 0.0139. The Balaban J connectivity index is 1.11. The lowest BCUT2D eigenvalue weighted by Crippen LogP contribution is -2.28. The second-order valence-corrected chi connectivity index (χ2v) is 19.2. The summed E-state index contributed by atoms with van der Waals surface area (Å²) in [6, 6.07) is 104. The van der Waals surface area contributed by atoms with Crippen molar-refractivity contribution in [3.63, 3.8) is 0 Å². The minimum absolute atomic E-state index is 0.445. The van der Waals surface area contributed by atoms with Crippen LogP contribution in [0.3, 0.4) is 0 Å². The van der Waals surface area contributed by atoms with E-state index in [0.717, 1.165) is 84.1 Å². The maximum absolute atomic E-state index is 9.95. The molecular weight excluding hydrogens is 907 g/mol. The molecule has 3 nitrogen and oxygen atoms in total. The number of benzene rings is 11. The van der Waals surface area contributed by atoms with E-state index < -0.39 is 5.41 Å². The van der Waals surface area contributed by atoms with Gasteiger partial charge in [-0.3, -0.25) is 5.41 Å². The van der Waals surface area contributed by atoms with E-state index in [0.29, 0.717) is 5.71 Å². The van der Waals surface area contributed by atoms with Crippen molar-refractivity contribution in [2.24, 2.45) is 0 Å². The molecule has 0 saturated carbocycles. The van der Waals surface area contributed by atoms with E-state index >= 15 is 0 Å². The second-order valence-electron chi connectivity index (χ2n) is 19.2. The molecule has 1 heterocycles. The minimum Gasteiger partial charge on any atom is -0.354 e. The van der Waals surface area contributed by atoms with Gasteiger partial charge >= 0.3 is 0 Å². The third-order valence-electron chi connectivity index (χ3n) is 15.0. The Morgan fingerprint density at radius 3 is 1.52 bits per heavy atom. The Morgan fingerprint density at radius 2 is 0.867 bits per heavy atom. The van der Waals surface area contributed by atoms with Crippen LogP contribution in [0.15, 0.2) is 291 Å². The first-order chi connectivity index (χ1) is 37.2. The highest BCUT2D eigenvalue weighted by molar-refractivity contribution is 6.36. The van der Waals surface area contributed by atoms with Gasteiger partial charge in [0.25, 0.3) is 0 Å². The lowest BCUT2D eigenvalue weighted by molar-refractivity contribution is 0.768. The van der Waals surface area contributed by atoms with Gasteiger partial charge in [-0.1, -0.05) is 267 Å². The van der Waals surface area contributed by atoms with Gasteiger partial charge in [-0.05, 0) is 91.5 Å². The Hall–Kier alpha value is -9.83. The lowest BCUT2D eigenvalue weighted by atomic mass is 9.68. The molecule has 75 heavy (non-hydrogen) atoms. The molecule has 2 aliphatic rings. The summed E-state index contributed by atoms with van der Waals surface area (Å²) in [6.45, 7) is 0. The summed E-state index contributed by atoms with van der Waals surface area (Å²) in [6.07, 6.45) is 2.28. The highest BCUT2D eigenvalue weighted by Gasteiger charge is 2.47. The molecule has 0 unspecified atom stereocenters. The summed E-state index contributed by atoms with van der Waals surface area (Å²) in [5, 5.41) is 13.9. The molecule has 0 bridgehead atoms. The van der Waals surface area contributed by atoms with Crippen LogP contribution in [0.25, 0.3) is 56.4 Å². The van der Waals surface area contributed by atoms with Gasteiger partial charge in [0.15, 0.2) is 0 Å². The molecule has 0 amide bonds. The predicted octanol–water partition coefficient (Wildman–Crippen LogP) is 17.9. The van der Waals surface area contributed by atoms with Gasteiger partial charge in [0, 0.05) is 39.2 Å². The zero-order valence-electron chi connectivity index (χ0n) is 41.2. The normalized spacial score (nSPS) is 13.6. The van der Waals surface area contributed by atoms with E-state index in [2.05, 4.69) is 271 Å². The van der Waals surface area contributed by atoms with E-state index in [1.807, 2.05) is 36.4 Å². The Morgan fingerprint density at radius 1 is 0.373 bits per heavy atom. The molecule has 1 aliphatic heterocycles. The lowest BCUT2D eigenvalue weighted by Gasteiger charge is -2.35. The van der Waals surface area contributed by atoms with Crippen LogP contribution in [-0.2, 0) is 5.41 Å². The fourth-order valence-electron chi connectivity index (χ4n) is 11.7. The van der Waals surface area contributed by atoms with Gasteiger partial charge in [0.2, 0.25) is 0 Å². The molecule has 0 spiro atoms. The molecule has 0 radical (unpaired) electrons. The van der Waals surface area contributed by atoms with Crippen LogP contribution in [0.4, 0.5) is 17.1 Å². The van der Waals surface area contributed by atoms with Gasteiger partial charge in [-0.15, -0.1) is 0 Å². The quantitative estimate of drug-likeness (QED) is 0.127. The van der Waals surface area contributed by atoms with Gasteiger partial charge in [0.05, 0.1) is 28.2 Å². The third-order valence-corrected chi connectivity index (χ3v) is 15.0. The first kappa shape index (κ1) is 45.1. The number of nitrogens with zero attached hydrogens (tertiary/aromatic N) is 1. The zero-order chi connectivity index (χ0) is 50.1. The van der Waals surface area contributed by atoms with Crippen LogP contribution in [0.2, 0.25) is 0 Å². The largest absolute Gasteiger partial charge is 0.354 e. The highest BCUT2D eigenvalue weighted by atomic mass is 15.1. The first-order valence-corrected chi connectivity index (χ1v) is 25.7. The molecule has 354 valence electrons. The number of anilines is 3. The molecular formula is C72H51N3. The summed E-state index contributed by atoms with van der Waals surface area (Å²) < 4.78 is 0. The number of hydrogen-bond donors (Lipinski definition) is 2. The topological polar surface area (TPSA) is 39.1 Å². The van der Waals surface area contributed by atoms with E-state index in [9.17, 15) is 5.41 Å². The number of fused-ring (bicyclic) bond motifs is 4. The van der Waals surface area contributed by atoms with Gasteiger partial charge in [-0.25, -0.2) is 0 Å². The van der Waals surface area contributed by atoms with E-state index in [-0.39, 0.29) is 0 Å². The molecule has 0 atom stereocenters. The van der Waals surface area contributed by atoms with Crippen molar-refractivity contribution in [3.05, 3.63) is 341 Å². The van der Waals surface area contributed by atoms with Crippen LogP contribution >= 0.6 is 0 Å². The summed E-state index contributed by atoms with van der Waals surface area (Å²) >= 11 is 0. The minimum atomic E-state index is -0.596. The Kier molecular flexibility index (Phi) is 11.6. The number of hydrogen-bond acceptors (Lipinski definition) is 3. The molecule has 11 aromatic carbocycles. The Labute approximate surface area is 439 Å². The molecule has 3 heteroatoms. The maximum Gasteiger partial charge on any atom is 0.0714 e. The van der Waals surface area contributed by atoms with Crippen LogP contribution in [0, 0.1) is 5.41 Å². The van der Waals surface area contributed by atoms with Gasteiger partial charge in [-0.2, -0.15) is 0 Å². The van der Waals surface area contributed by atoms with Crippen molar-refractivity contribution in [1.82, 2.24) is 5.32 Å². The molecule has 11 aromatic rings. The molecule has 0 saturated heterocycles. The fourth-order valence-corrected chi connectivity index (χ4v) is 11.7. The molecule has 0 aromatic heterocycles. The van der Waals surface area contributed by atoms with Crippen molar-refractivity contribution in [2.45, 2.75) is 5.41 Å². The number of para-hydroxylation sites is 1. The van der Waals surface area contributed by atoms with E-state index in [1.165, 1.54) is 33.4 Å². The molecule has 1 aliphatic carbocycles. The standard InChI is InChI=1S/C72H51N3/c73-70(53-32-13-4-14-33-53)68(52-30-11-3-12-31-52)71-59-47-46-57(48-54(59)49-65(74-71)51-28-9-2-10-29-51)75(66-44-24-22-40-61(66)60-39-20-19-38-58(60)50-26-7-1-8-27-50)67-45-25-43-64-69(67)62-41-21-23-42-63(62)72(64,55-34-15-5-16-35-55)56-36-17-6-18-37-56/h1-49,73-74H/b71-68-,73-70?. The first-order valence-electron chi connectivity index (χ1n) is 25.7.